The van der Waals surface area contributed by atoms with Crippen LogP contribution in [0.4, 0.5) is 0 Å². The van der Waals surface area contributed by atoms with Crippen LogP contribution in [0.1, 0.15) is 79.1 Å². The first-order valence-electron chi connectivity index (χ1n) is 9.82. The number of esters is 1. The summed E-state index contributed by atoms with van der Waals surface area (Å²) < 4.78 is 6.85. The first-order valence-corrected chi connectivity index (χ1v) is 9.82. The molecule has 0 radical (unpaired) electrons. The molecular weight excluding hydrogens is 344 g/mol. The molecule has 1 heterocycles. The van der Waals surface area contributed by atoms with Crippen LogP contribution in [0.15, 0.2) is 0 Å². The second-order valence-electron chi connectivity index (χ2n) is 7.72. The molecule has 150 valence electrons. The monoisotopic (exact) mass is 376 g/mol. The number of rotatable bonds is 7. The van der Waals surface area contributed by atoms with Gasteiger partial charge in [-0.2, -0.15) is 0 Å². The van der Waals surface area contributed by atoms with Gasteiger partial charge in [-0.05, 0) is 59.9 Å². The number of ether oxygens (including phenoxy) is 1. The van der Waals surface area contributed by atoms with Gasteiger partial charge < -0.3 is 14.2 Å². The molecule has 6 heteroatoms. The second-order valence-corrected chi connectivity index (χ2v) is 7.72. The molecule has 1 fully saturated rings. The molecule has 1 aliphatic carbocycles. The van der Waals surface area contributed by atoms with Crippen LogP contribution in [-0.2, 0) is 16.6 Å². The van der Waals surface area contributed by atoms with Crippen LogP contribution >= 0.6 is 0 Å². The van der Waals surface area contributed by atoms with Crippen LogP contribution < -0.4 is 0 Å². The summed E-state index contributed by atoms with van der Waals surface area (Å²) in [6, 6.07) is -0.640. The number of nitrogens with zero attached hydrogens (tertiary/aromatic N) is 2. The molecule has 0 aromatic carbocycles. The number of Topliss-reactive ketones (excluding diaryl/α,β-unsaturated/α-hetero) is 1. The van der Waals surface area contributed by atoms with Gasteiger partial charge in [-0.3, -0.25) is 9.59 Å². The van der Waals surface area contributed by atoms with Crippen LogP contribution in [0.2, 0.25) is 0 Å². The summed E-state index contributed by atoms with van der Waals surface area (Å²) >= 11 is 0. The molecule has 0 spiro atoms. The van der Waals surface area contributed by atoms with Gasteiger partial charge in [0, 0.05) is 30.3 Å². The summed E-state index contributed by atoms with van der Waals surface area (Å²) in [6.07, 6.45) is 2.88. The summed E-state index contributed by atoms with van der Waals surface area (Å²) in [5, 5.41) is 0. The molecule has 1 aliphatic rings. The minimum Gasteiger partial charge on any atom is -0.461 e. The number of hydrogen-bond acceptors (Lipinski definition) is 4. The van der Waals surface area contributed by atoms with Crippen LogP contribution in [-0.4, -0.2) is 45.8 Å². The zero-order valence-corrected chi connectivity index (χ0v) is 17.6. The van der Waals surface area contributed by atoms with Crippen molar-refractivity contribution >= 4 is 17.7 Å². The van der Waals surface area contributed by atoms with E-state index in [0.29, 0.717) is 22.5 Å². The van der Waals surface area contributed by atoms with E-state index in [1.165, 1.54) is 0 Å². The Bertz CT molecular complexity index is 744. The maximum absolute atomic E-state index is 13.4. The summed E-state index contributed by atoms with van der Waals surface area (Å²) in [4.78, 5) is 40.2. The largest absolute Gasteiger partial charge is 0.461 e. The highest BCUT2D eigenvalue weighted by Gasteiger charge is 2.37. The van der Waals surface area contributed by atoms with Crippen molar-refractivity contribution in [2.24, 2.45) is 13.0 Å². The molecule has 0 bridgehead atoms. The fraction of sp³-hybridized carbons (Fsp3) is 0.667. The van der Waals surface area contributed by atoms with Crippen molar-refractivity contribution in [1.29, 1.82) is 0 Å². The van der Waals surface area contributed by atoms with E-state index in [9.17, 15) is 14.4 Å². The van der Waals surface area contributed by atoms with E-state index in [1.807, 2.05) is 20.8 Å². The van der Waals surface area contributed by atoms with Gasteiger partial charge in [0.15, 0.2) is 5.78 Å². The van der Waals surface area contributed by atoms with Crippen molar-refractivity contribution in [1.82, 2.24) is 9.47 Å². The molecule has 1 saturated carbocycles. The smallest absolute Gasteiger partial charge is 0.355 e. The third kappa shape index (κ3) is 3.80. The highest BCUT2D eigenvalue weighted by Crippen LogP contribution is 2.31. The Morgan fingerprint density at radius 2 is 1.78 bits per heavy atom. The van der Waals surface area contributed by atoms with Crippen molar-refractivity contribution in [2.75, 3.05) is 6.61 Å². The second kappa shape index (κ2) is 8.28. The quantitative estimate of drug-likeness (QED) is 0.540. The van der Waals surface area contributed by atoms with E-state index in [1.54, 1.807) is 37.3 Å². The average Bonchev–Trinajstić information content (AvgIpc) is 2.74. The minimum absolute atomic E-state index is 0.0377. The van der Waals surface area contributed by atoms with Crippen molar-refractivity contribution in [3.05, 3.63) is 22.5 Å². The van der Waals surface area contributed by atoms with Gasteiger partial charge in [-0.1, -0.05) is 6.42 Å². The average molecular weight is 376 g/mol. The summed E-state index contributed by atoms with van der Waals surface area (Å²) in [6.45, 7) is 11.3. The van der Waals surface area contributed by atoms with E-state index in [2.05, 4.69) is 0 Å². The van der Waals surface area contributed by atoms with E-state index >= 15 is 0 Å². The van der Waals surface area contributed by atoms with Crippen LogP contribution in [0.3, 0.4) is 0 Å². The standard InChI is InChI=1S/C21H32N2O4/c1-8-27-21(26)18-13(4)17(14(5)22(18)7)19(24)15(6)23(12(2)3)20(25)16-10-9-11-16/h12,15-16H,8-11H2,1-7H3. The van der Waals surface area contributed by atoms with Gasteiger partial charge in [0.2, 0.25) is 5.91 Å². The lowest BCUT2D eigenvalue weighted by atomic mass is 9.83. The molecule has 27 heavy (non-hydrogen) atoms. The van der Waals surface area contributed by atoms with Gasteiger partial charge in [-0.25, -0.2) is 4.79 Å². The maximum Gasteiger partial charge on any atom is 0.355 e. The maximum atomic E-state index is 13.4. The third-order valence-electron chi connectivity index (χ3n) is 5.71. The summed E-state index contributed by atoms with van der Waals surface area (Å²) in [5.74, 6) is -0.458. The van der Waals surface area contributed by atoms with Gasteiger partial charge >= 0.3 is 5.97 Å². The molecule has 1 atom stereocenters. The summed E-state index contributed by atoms with van der Waals surface area (Å²) in [5.41, 5.74) is 2.24. The molecule has 2 rings (SSSR count). The van der Waals surface area contributed by atoms with Crippen molar-refractivity contribution in [2.45, 2.75) is 72.9 Å². The Hall–Kier alpha value is -2.11. The number of hydrogen-bond donors (Lipinski definition) is 0. The molecule has 1 unspecified atom stereocenters. The lowest BCUT2D eigenvalue weighted by Gasteiger charge is -2.37. The first-order chi connectivity index (χ1) is 12.6. The zero-order chi connectivity index (χ0) is 20.5. The Labute approximate surface area is 161 Å². The number of carbonyl (C=O) groups is 3. The minimum atomic E-state index is -0.576. The number of aromatic nitrogens is 1. The number of amides is 1. The molecule has 1 aromatic rings. The van der Waals surface area contributed by atoms with Gasteiger partial charge in [0.25, 0.3) is 0 Å². The lowest BCUT2D eigenvalue weighted by Crippen LogP contribution is -2.50. The van der Waals surface area contributed by atoms with E-state index in [0.717, 1.165) is 19.3 Å². The normalized spacial score (nSPS) is 15.4. The van der Waals surface area contributed by atoms with Crippen molar-refractivity contribution < 1.29 is 19.1 Å². The van der Waals surface area contributed by atoms with Crippen LogP contribution in [0.25, 0.3) is 0 Å². The molecular formula is C21H32N2O4. The van der Waals surface area contributed by atoms with E-state index in [4.69, 9.17) is 4.74 Å². The molecule has 1 amide bonds. The highest BCUT2D eigenvalue weighted by atomic mass is 16.5. The van der Waals surface area contributed by atoms with Gasteiger partial charge in [0.1, 0.15) is 5.69 Å². The molecule has 1 aromatic heterocycles. The predicted octanol–water partition coefficient (Wildman–Crippen LogP) is 3.43. The first kappa shape index (κ1) is 21.2. The lowest BCUT2D eigenvalue weighted by molar-refractivity contribution is -0.141. The fourth-order valence-electron chi connectivity index (χ4n) is 3.92. The van der Waals surface area contributed by atoms with Crippen molar-refractivity contribution in [3.8, 4) is 0 Å². The Morgan fingerprint density at radius 3 is 2.22 bits per heavy atom. The molecule has 0 N–H and O–H groups in total. The predicted molar refractivity (Wildman–Crippen MR) is 104 cm³/mol. The van der Waals surface area contributed by atoms with E-state index < -0.39 is 12.0 Å². The Kier molecular flexibility index (Phi) is 6.50. The zero-order valence-electron chi connectivity index (χ0n) is 17.6. The Morgan fingerprint density at radius 1 is 1.19 bits per heavy atom. The van der Waals surface area contributed by atoms with Gasteiger partial charge in [0.05, 0.1) is 12.6 Å². The third-order valence-corrected chi connectivity index (χ3v) is 5.71. The SMILES string of the molecule is CCOC(=O)c1c(C)c(C(=O)C(C)N(C(=O)C2CCC2)C(C)C)c(C)n1C. The highest BCUT2D eigenvalue weighted by molar-refractivity contribution is 6.06. The van der Waals surface area contributed by atoms with Crippen LogP contribution in [0, 0.1) is 19.8 Å². The molecule has 0 aliphatic heterocycles. The van der Waals surface area contributed by atoms with E-state index in [-0.39, 0.29) is 30.3 Å². The Balaban J connectivity index is 2.39. The van der Waals surface area contributed by atoms with Crippen LogP contribution in [0.5, 0.6) is 0 Å². The van der Waals surface area contributed by atoms with Crippen molar-refractivity contribution in [3.63, 3.8) is 0 Å². The van der Waals surface area contributed by atoms with Gasteiger partial charge in [-0.15, -0.1) is 0 Å². The molecule has 6 nitrogen and oxygen atoms in total. The molecule has 0 saturated heterocycles. The number of ketones is 1. The number of carbonyl (C=O) groups excluding carboxylic acids is 3. The topological polar surface area (TPSA) is 68.6 Å². The fourth-order valence-corrected chi connectivity index (χ4v) is 3.92. The summed E-state index contributed by atoms with van der Waals surface area (Å²) in [7, 11) is 1.76.